The van der Waals surface area contributed by atoms with E-state index < -0.39 is 66.1 Å². The van der Waals surface area contributed by atoms with E-state index in [9.17, 15) is 61.5 Å². The molecule has 0 unspecified atom stereocenters. The van der Waals surface area contributed by atoms with Crippen LogP contribution in [0.5, 0.6) is 0 Å². The van der Waals surface area contributed by atoms with Crippen LogP contribution >= 0.6 is 0 Å². The summed E-state index contributed by atoms with van der Waals surface area (Å²) in [5.74, 6) is -12.3. The SMILES string of the molecule is CCCCCCOCCCCCC.FC(F)(F)CC(F)(F)[C](F)(F)[Sn][C](F)(F)C(F)(F)CC(F)(F)F. The predicted octanol–water partition coefficient (Wildman–Crippen LogP) is 9.22. The summed E-state index contributed by atoms with van der Waals surface area (Å²) >= 11 is -5.79. The second-order valence-corrected chi connectivity index (χ2v) is 12.3. The summed E-state index contributed by atoms with van der Waals surface area (Å²) in [6.07, 6.45) is -8.48. The minimum absolute atomic E-state index is 0.978. The number of hydrogen-bond acceptors (Lipinski definition) is 1. The summed E-state index contributed by atoms with van der Waals surface area (Å²) in [6, 6.07) is 0. The normalized spacial score (nSPS) is 14.0. The first-order valence-electron chi connectivity index (χ1n) is 11.1. The molecular formula is C20H30F14OSn. The molecule has 0 aliphatic rings. The zero-order valence-electron chi connectivity index (χ0n) is 19.7. The van der Waals surface area contributed by atoms with Gasteiger partial charge in [-0.3, -0.25) is 0 Å². The standard InChI is InChI=1S/C12H26O.2C4H2F7.Sn/c1-3-5-7-9-11-13-12-10-8-6-4-2;2*5-2(6)3(7,8)1-4(9,10)11;/h3-12H2,1-2H3;2*1H2;. The van der Waals surface area contributed by atoms with E-state index in [0.717, 1.165) is 13.2 Å². The van der Waals surface area contributed by atoms with Crippen molar-refractivity contribution in [3.05, 3.63) is 0 Å². The van der Waals surface area contributed by atoms with Gasteiger partial charge in [0.2, 0.25) is 0 Å². The Morgan fingerprint density at radius 2 is 0.778 bits per heavy atom. The van der Waals surface area contributed by atoms with Crippen molar-refractivity contribution in [1.29, 1.82) is 0 Å². The van der Waals surface area contributed by atoms with Crippen molar-refractivity contribution >= 4 is 21.1 Å². The first-order valence-corrected chi connectivity index (χ1v) is 13.9. The summed E-state index contributed by atoms with van der Waals surface area (Å²) in [5, 5.41) is 0. The zero-order chi connectivity index (χ0) is 28.9. The molecule has 0 atom stereocenters. The second-order valence-electron chi connectivity index (χ2n) is 8.00. The van der Waals surface area contributed by atoms with Crippen LogP contribution in [-0.4, -0.2) is 66.4 Å². The van der Waals surface area contributed by atoms with Crippen LogP contribution in [0.2, 0.25) is 0 Å². The van der Waals surface area contributed by atoms with Crippen LogP contribution in [0.25, 0.3) is 0 Å². The molecule has 0 rings (SSSR count). The Balaban J connectivity index is 0. The van der Waals surface area contributed by atoms with Gasteiger partial charge < -0.3 is 4.74 Å². The summed E-state index contributed by atoms with van der Waals surface area (Å²) in [7, 11) is 0. The maximum atomic E-state index is 12.9. The molecule has 0 aliphatic carbocycles. The fourth-order valence-electron chi connectivity index (χ4n) is 2.47. The van der Waals surface area contributed by atoms with E-state index in [1.54, 1.807) is 0 Å². The van der Waals surface area contributed by atoms with E-state index in [-0.39, 0.29) is 0 Å². The molecule has 0 aromatic carbocycles. The molecule has 218 valence electrons. The van der Waals surface area contributed by atoms with E-state index >= 15 is 0 Å². The van der Waals surface area contributed by atoms with Gasteiger partial charge in [-0.05, 0) is 12.8 Å². The van der Waals surface area contributed by atoms with Crippen molar-refractivity contribution in [3.63, 3.8) is 0 Å². The van der Waals surface area contributed by atoms with Gasteiger partial charge in [-0.1, -0.05) is 52.4 Å². The monoisotopic (exact) mass is 672 g/mol. The molecule has 0 N–H and O–H groups in total. The fourth-order valence-corrected chi connectivity index (χ4v) is 5.14. The Bertz CT molecular complexity index is 528. The van der Waals surface area contributed by atoms with Crippen LogP contribution in [0.15, 0.2) is 0 Å². The molecule has 0 aliphatic heterocycles. The van der Waals surface area contributed by atoms with E-state index in [1.165, 1.54) is 51.4 Å². The van der Waals surface area contributed by atoms with E-state index in [0.29, 0.717) is 0 Å². The van der Waals surface area contributed by atoms with Gasteiger partial charge in [0.15, 0.2) is 0 Å². The molecule has 1 nitrogen and oxygen atoms in total. The topological polar surface area (TPSA) is 9.23 Å². The Labute approximate surface area is 210 Å². The maximum absolute atomic E-state index is 12.9. The van der Waals surface area contributed by atoms with Crippen molar-refractivity contribution in [2.45, 2.75) is 110 Å². The summed E-state index contributed by atoms with van der Waals surface area (Å²) in [6.45, 7) is 6.44. The van der Waals surface area contributed by atoms with Gasteiger partial charge in [-0.25, -0.2) is 0 Å². The molecule has 0 aromatic rings. The summed E-state index contributed by atoms with van der Waals surface area (Å²) in [4.78, 5) is 0. The Hall–Kier alpha value is -0.221. The van der Waals surface area contributed by atoms with Crippen molar-refractivity contribution in [2.24, 2.45) is 0 Å². The number of unbranched alkanes of at least 4 members (excludes halogenated alkanes) is 6. The third-order valence-electron chi connectivity index (χ3n) is 4.36. The van der Waals surface area contributed by atoms with Gasteiger partial charge >= 0.3 is 128 Å². The van der Waals surface area contributed by atoms with Crippen LogP contribution in [0.1, 0.15) is 78.1 Å². The average Bonchev–Trinajstić information content (AvgIpc) is 2.62. The molecule has 0 saturated heterocycles. The van der Waals surface area contributed by atoms with E-state index in [4.69, 9.17) is 4.74 Å². The van der Waals surface area contributed by atoms with Gasteiger partial charge in [0.1, 0.15) is 0 Å². The molecule has 16 heteroatoms. The van der Waals surface area contributed by atoms with Gasteiger partial charge in [0, 0.05) is 13.2 Å². The Kier molecular flexibility index (Phi) is 16.9. The third kappa shape index (κ3) is 17.3. The summed E-state index contributed by atoms with van der Waals surface area (Å²) < 4.78 is 166. The molecular weight excluding hydrogens is 641 g/mol. The third-order valence-corrected chi connectivity index (χ3v) is 8.24. The van der Waals surface area contributed by atoms with Gasteiger partial charge in [0.25, 0.3) is 0 Å². The number of halogens is 14. The van der Waals surface area contributed by atoms with Crippen molar-refractivity contribution < 1.29 is 66.2 Å². The first-order chi connectivity index (χ1) is 16.0. The fraction of sp³-hybridized carbons (Fsp3) is 1.00. The van der Waals surface area contributed by atoms with Gasteiger partial charge in [0.05, 0.1) is 0 Å². The van der Waals surface area contributed by atoms with Crippen LogP contribution in [0.3, 0.4) is 0 Å². The second kappa shape index (κ2) is 16.0. The van der Waals surface area contributed by atoms with E-state index in [1.807, 2.05) is 0 Å². The van der Waals surface area contributed by atoms with Crippen LogP contribution in [0.4, 0.5) is 61.5 Å². The number of ether oxygens (including phenoxy) is 1. The number of alkyl halides is 14. The van der Waals surface area contributed by atoms with Gasteiger partial charge in [-0.15, -0.1) is 0 Å². The predicted molar refractivity (Wildman–Crippen MR) is 106 cm³/mol. The molecule has 0 heterocycles. The van der Waals surface area contributed by atoms with Gasteiger partial charge in [-0.2, -0.15) is 0 Å². The minimum atomic E-state index is -6.16. The number of rotatable bonds is 16. The molecule has 2 radical (unpaired) electrons. The molecule has 0 bridgehead atoms. The molecule has 0 saturated carbocycles. The van der Waals surface area contributed by atoms with Crippen molar-refractivity contribution in [2.75, 3.05) is 13.2 Å². The van der Waals surface area contributed by atoms with Crippen LogP contribution < -0.4 is 0 Å². The molecule has 0 aromatic heterocycles. The molecule has 0 amide bonds. The van der Waals surface area contributed by atoms with E-state index in [2.05, 4.69) is 13.8 Å². The Morgan fingerprint density at radius 1 is 0.472 bits per heavy atom. The average molecular weight is 671 g/mol. The first kappa shape index (κ1) is 37.9. The van der Waals surface area contributed by atoms with Crippen LogP contribution in [-0.2, 0) is 4.74 Å². The number of hydrogen-bond donors (Lipinski definition) is 0. The quantitative estimate of drug-likeness (QED) is 0.0904. The molecule has 0 fully saturated rings. The van der Waals surface area contributed by atoms with Crippen LogP contribution in [0, 0.1) is 0 Å². The zero-order valence-corrected chi connectivity index (χ0v) is 22.5. The summed E-state index contributed by atoms with van der Waals surface area (Å²) in [5.41, 5.74) is 0. The molecule has 0 spiro atoms. The van der Waals surface area contributed by atoms with Crippen molar-refractivity contribution in [3.8, 4) is 0 Å². The molecule has 36 heavy (non-hydrogen) atoms. The Morgan fingerprint density at radius 3 is 1.03 bits per heavy atom. The van der Waals surface area contributed by atoms with Crippen molar-refractivity contribution in [1.82, 2.24) is 0 Å².